The van der Waals surface area contributed by atoms with Gasteiger partial charge in [0.15, 0.2) is 16.9 Å². The second-order valence-corrected chi connectivity index (χ2v) is 10.8. The summed E-state index contributed by atoms with van der Waals surface area (Å²) in [6.07, 6.45) is 0.642. The fraction of sp³-hybridized carbons (Fsp3) is 0.344. The first-order valence-corrected chi connectivity index (χ1v) is 14.9. The molecule has 3 aromatic carbocycles. The topological polar surface area (TPSA) is 132 Å². The van der Waals surface area contributed by atoms with Crippen LogP contribution in [0.15, 0.2) is 64.3 Å². The van der Waals surface area contributed by atoms with Crippen LogP contribution in [-0.4, -0.2) is 56.8 Å². The van der Waals surface area contributed by atoms with Gasteiger partial charge < -0.3 is 34.7 Å². The monoisotopic (exact) mass is 608 g/mol. The van der Waals surface area contributed by atoms with Crippen molar-refractivity contribution >= 4 is 23.8 Å². The lowest BCUT2D eigenvalue weighted by atomic mass is 9.95. The van der Waals surface area contributed by atoms with Gasteiger partial charge in [0.05, 0.1) is 38.4 Å². The number of fused-ring (bicyclic) bond motifs is 3. The van der Waals surface area contributed by atoms with E-state index in [4.69, 9.17) is 18.9 Å². The summed E-state index contributed by atoms with van der Waals surface area (Å²) in [6.45, 7) is 1.41. The zero-order valence-electron chi connectivity index (χ0n) is 24.8. The minimum absolute atomic E-state index is 0.00435. The lowest BCUT2D eigenvalue weighted by molar-refractivity contribution is -0.126. The molecule has 2 amide bonds. The maximum absolute atomic E-state index is 13.6. The number of alkyl carbamates (subject to hydrolysis) is 1. The Morgan fingerprint density at radius 3 is 2.37 bits per heavy atom. The van der Waals surface area contributed by atoms with E-state index in [1.54, 1.807) is 25.3 Å². The minimum atomic E-state index is -1.31. The molecule has 4 rings (SSSR count). The summed E-state index contributed by atoms with van der Waals surface area (Å²) in [6, 6.07) is 14.1. The maximum atomic E-state index is 13.6. The molecule has 3 N–H and O–H groups in total. The van der Waals surface area contributed by atoms with Crippen molar-refractivity contribution in [3.05, 3.63) is 81.5 Å². The SMILES string of the molecule is COc1cc2c(c(OC)c1OC)-c1ccc(SC)c(=O)cc1[C@@H](NC(=O)[C@@H](NC(=O)OCc1ccccc1)[C@@H](C)O)CC2. The smallest absolute Gasteiger partial charge is 0.408 e. The van der Waals surface area contributed by atoms with Crippen molar-refractivity contribution in [2.45, 2.75) is 49.5 Å². The molecule has 1 aliphatic rings. The van der Waals surface area contributed by atoms with Crippen LogP contribution >= 0.6 is 11.8 Å². The number of hydrogen-bond acceptors (Lipinski definition) is 9. The lowest BCUT2D eigenvalue weighted by Gasteiger charge is -2.25. The predicted molar refractivity (Wildman–Crippen MR) is 164 cm³/mol. The Bertz CT molecular complexity index is 1530. The number of thioether (sulfide) groups is 1. The molecule has 0 fully saturated rings. The largest absolute Gasteiger partial charge is 0.493 e. The minimum Gasteiger partial charge on any atom is -0.493 e. The second kappa shape index (κ2) is 14.3. The van der Waals surface area contributed by atoms with Crippen LogP contribution in [0.5, 0.6) is 17.2 Å². The molecule has 0 saturated heterocycles. The molecule has 3 aromatic rings. The molecule has 0 unspecified atom stereocenters. The van der Waals surface area contributed by atoms with Gasteiger partial charge in [0.1, 0.15) is 12.6 Å². The zero-order valence-corrected chi connectivity index (χ0v) is 25.6. The molecular weight excluding hydrogens is 572 g/mol. The van der Waals surface area contributed by atoms with Crippen LogP contribution in [0.25, 0.3) is 11.1 Å². The van der Waals surface area contributed by atoms with Crippen LogP contribution in [0.2, 0.25) is 0 Å². The van der Waals surface area contributed by atoms with Crippen LogP contribution in [0.3, 0.4) is 0 Å². The maximum Gasteiger partial charge on any atom is 0.408 e. The van der Waals surface area contributed by atoms with Crippen molar-refractivity contribution in [1.29, 1.82) is 0 Å². The average molecular weight is 609 g/mol. The first kappa shape index (κ1) is 31.7. The van der Waals surface area contributed by atoms with E-state index in [2.05, 4.69) is 10.6 Å². The summed E-state index contributed by atoms with van der Waals surface area (Å²) in [5, 5.41) is 15.9. The van der Waals surface area contributed by atoms with Crippen molar-refractivity contribution in [3.63, 3.8) is 0 Å². The summed E-state index contributed by atoms with van der Waals surface area (Å²) in [5.74, 6) is 0.714. The Morgan fingerprint density at radius 2 is 1.74 bits per heavy atom. The number of aryl methyl sites for hydroxylation is 1. The third kappa shape index (κ3) is 7.06. The lowest BCUT2D eigenvalue weighted by Crippen LogP contribution is -2.53. The highest BCUT2D eigenvalue weighted by atomic mass is 32.2. The van der Waals surface area contributed by atoms with Crippen LogP contribution in [-0.2, 0) is 22.6 Å². The van der Waals surface area contributed by atoms with Gasteiger partial charge in [-0.05, 0) is 66.5 Å². The molecule has 0 spiro atoms. The predicted octanol–water partition coefficient (Wildman–Crippen LogP) is 4.24. The standard InChI is InChI=1S/C32H36N2O8S/c1-18(35)28(34-32(38)42-17-19-9-7-6-8-10-19)31(37)33-23-13-11-20-15-25(39-2)29(40-3)30(41-4)27(20)21-12-14-26(43-5)24(36)16-22(21)23/h6-10,12,14-16,18,23,28,35H,11,13,17H2,1-5H3,(H,33,37)(H,34,38)/t18-,23+,28+/m1/s1. The number of carbonyl (C=O) groups is 2. The van der Waals surface area contributed by atoms with E-state index in [1.807, 2.05) is 36.6 Å². The second-order valence-electron chi connectivity index (χ2n) is 9.98. The molecule has 1 aliphatic carbocycles. The van der Waals surface area contributed by atoms with E-state index in [0.717, 1.165) is 16.7 Å². The zero-order chi connectivity index (χ0) is 31.1. The number of amides is 2. The van der Waals surface area contributed by atoms with Crippen LogP contribution in [0.4, 0.5) is 4.79 Å². The molecule has 0 bridgehead atoms. The van der Waals surface area contributed by atoms with E-state index < -0.39 is 30.2 Å². The van der Waals surface area contributed by atoms with Crippen molar-refractivity contribution in [1.82, 2.24) is 10.6 Å². The number of rotatable bonds is 10. The van der Waals surface area contributed by atoms with E-state index in [1.165, 1.54) is 39.0 Å². The van der Waals surface area contributed by atoms with Crippen molar-refractivity contribution in [2.75, 3.05) is 27.6 Å². The van der Waals surface area contributed by atoms with Crippen LogP contribution < -0.4 is 30.3 Å². The van der Waals surface area contributed by atoms with E-state index in [-0.39, 0.29) is 12.0 Å². The number of hydrogen-bond donors (Lipinski definition) is 3. The summed E-state index contributed by atoms with van der Waals surface area (Å²) in [7, 11) is 4.60. The summed E-state index contributed by atoms with van der Waals surface area (Å²) >= 11 is 1.32. The molecule has 3 atom stereocenters. The normalized spacial score (nSPS) is 15.1. The Morgan fingerprint density at radius 1 is 1.02 bits per heavy atom. The fourth-order valence-corrected chi connectivity index (χ4v) is 5.64. The van der Waals surface area contributed by atoms with E-state index in [9.17, 15) is 19.5 Å². The first-order chi connectivity index (χ1) is 20.7. The third-order valence-electron chi connectivity index (χ3n) is 7.29. The molecule has 0 saturated carbocycles. The summed E-state index contributed by atoms with van der Waals surface area (Å²) < 4.78 is 22.3. The Balaban J connectivity index is 1.70. The quantitative estimate of drug-likeness (QED) is 0.289. The molecule has 43 heavy (non-hydrogen) atoms. The summed E-state index contributed by atoms with van der Waals surface area (Å²) in [4.78, 5) is 39.9. The highest BCUT2D eigenvalue weighted by Gasteiger charge is 2.33. The number of benzene rings is 2. The Hall–Kier alpha value is -4.22. The average Bonchev–Trinajstić information content (AvgIpc) is 3.26. The van der Waals surface area contributed by atoms with Gasteiger partial charge in [-0.2, -0.15) is 0 Å². The highest BCUT2D eigenvalue weighted by Crippen LogP contribution is 2.50. The van der Waals surface area contributed by atoms with Crippen molar-refractivity contribution in [2.24, 2.45) is 0 Å². The molecule has 0 aliphatic heterocycles. The molecule has 228 valence electrons. The number of methoxy groups -OCH3 is 3. The van der Waals surface area contributed by atoms with Crippen molar-refractivity contribution < 1.29 is 33.6 Å². The Labute approximate surface area is 254 Å². The first-order valence-electron chi connectivity index (χ1n) is 13.7. The third-order valence-corrected chi connectivity index (χ3v) is 8.07. The highest BCUT2D eigenvalue weighted by molar-refractivity contribution is 7.98. The van der Waals surface area contributed by atoms with Gasteiger partial charge in [-0.25, -0.2) is 4.79 Å². The fourth-order valence-electron chi connectivity index (χ4n) is 5.18. The number of aliphatic hydroxyl groups excluding tert-OH is 1. The van der Waals surface area contributed by atoms with Gasteiger partial charge in [-0.1, -0.05) is 36.4 Å². The van der Waals surface area contributed by atoms with Gasteiger partial charge >= 0.3 is 6.09 Å². The van der Waals surface area contributed by atoms with Gasteiger partial charge in [0, 0.05) is 5.56 Å². The molecular formula is C32H36N2O8S. The van der Waals surface area contributed by atoms with Crippen molar-refractivity contribution in [3.8, 4) is 28.4 Å². The number of aliphatic hydroxyl groups is 1. The number of carbonyl (C=O) groups excluding carboxylic acids is 2. The molecule has 11 heteroatoms. The van der Waals surface area contributed by atoms with Crippen LogP contribution in [0, 0.1) is 0 Å². The van der Waals surface area contributed by atoms with Gasteiger partial charge in [0.2, 0.25) is 11.7 Å². The van der Waals surface area contributed by atoms with Gasteiger partial charge in [-0.3, -0.25) is 9.59 Å². The number of ether oxygens (including phenoxy) is 4. The summed E-state index contributed by atoms with van der Waals surface area (Å²) in [5.41, 5.74) is 3.43. The van der Waals surface area contributed by atoms with E-state index >= 15 is 0 Å². The van der Waals surface area contributed by atoms with Crippen LogP contribution in [0.1, 0.15) is 36.1 Å². The van der Waals surface area contributed by atoms with E-state index in [0.29, 0.717) is 46.1 Å². The molecule has 10 nitrogen and oxygen atoms in total. The Kier molecular flexibility index (Phi) is 10.5. The molecule has 0 heterocycles. The van der Waals surface area contributed by atoms with Gasteiger partial charge in [-0.15, -0.1) is 11.8 Å². The van der Waals surface area contributed by atoms with Gasteiger partial charge in [0.25, 0.3) is 0 Å². The molecule has 0 radical (unpaired) electrons. The molecule has 0 aromatic heterocycles. The number of nitrogens with one attached hydrogen (secondary N) is 2.